The molecule has 2 amide bonds. The number of imide groups is 1. The highest BCUT2D eigenvalue weighted by atomic mass is 79.9. The number of hydrogen-bond donors (Lipinski definition) is 0. The highest BCUT2D eigenvalue weighted by Gasteiger charge is 2.44. The maximum atomic E-state index is 13.5. The Balaban J connectivity index is 2.08. The molecule has 1 unspecified atom stereocenters. The Labute approximate surface area is 132 Å². The first-order valence-electron chi connectivity index (χ1n) is 6.36. The molecule has 1 aromatic heterocycles. The molecule has 0 fully saturated rings. The summed E-state index contributed by atoms with van der Waals surface area (Å²) in [7, 11) is 0. The third-order valence-corrected chi connectivity index (χ3v) is 3.84. The van der Waals surface area contributed by atoms with Gasteiger partial charge in [0.15, 0.2) is 0 Å². The molecule has 1 aromatic carbocycles. The van der Waals surface area contributed by atoms with Crippen LogP contribution in [0.1, 0.15) is 32.3 Å². The maximum Gasteiger partial charge on any atom is 0.263 e. The summed E-state index contributed by atoms with van der Waals surface area (Å²) >= 11 is 3.15. The Morgan fingerprint density at radius 1 is 1.05 bits per heavy atom. The van der Waals surface area contributed by atoms with E-state index in [1.807, 2.05) is 0 Å². The van der Waals surface area contributed by atoms with Crippen molar-refractivity contribution in [2.24, 2.45) is 0 Å². The molecule has 1 aliphatic heterocycles. The highest BCUT2D eigenvalue weighted by molar-refractivity contribution is 9.10. The van der Waals surface area contributed by atoms with Crippen molar-refractivity contribution >= 4 is 27.7 Å². The predicted octanol–water partition coefficient (Wildman–Crippen LogP) is 3.45. The van der Waals surface area contributed by atoms with E-state index in [0.29, 0.717) is 9.37 Å². The smallest absolute Gasteiger partial charge is 0.263 e. The number of halogens is 3. The van der Waals surface area contributed by atoms with Crippen LogP contribution in [0.2, 0.25) is 0 Å². The van der Waals surface area contributed by atoms with E-state index >= 15 is 0 Å². The SMILES string of the molecule is O=C1c2ccccc2C(=O)N1C(c1cncc(Br)c1)C(F)F. The van der Waals surface area contributed by atoms with Crippen LogP contribution in [0.5, 0.6) is 0 Å². The van der Waals surface area contributed by atoms with Crippen LogP contribution >= 0.6 is 15.9 Å². The highest BCUT2D eigenvalue weighted by Crippen LogP contribution is 2.35. The van der Waals surface area contributed by atoms with E-state index in [-0.39, 0.29) is 16.7 Å². The zero-order valence-electron chi connectivity index (χ0n) is 11.0. The molecule has 0 N–H and O–H groups in total. The fraction of sp³-hybridized carbons (Fsp3) is 0.133. The Hall–Kier alpha value is -2.15. The summed E-state index contributed by atoms with van der Waals surface area (Å²) in [6, 6.07) is 5.84. The van der Waals surface area contributed by atoms with Crippen molar-refractivity contribution < 1.29 is 18.4 Å². The van der Waals surface area contributed by atoms with E-state index in [1.54, 1.807) is 12.1 Å². The molecule has 0 aliphatic carbocycles. The lowest BCUT2D eigenvalue weighted by Crippen LogP contribution is -2.37. The molecule has 112 valence electrons. The molecule has 2 heterocycles. The molecular weight excluding hydrogens is 358 g/mol. The number of carbonyl (C=O) groups excluding carboxylic acids is 2. The maximum absolute atomic E-state index is 13.5. The monoisotopic (exact) mass is 366 g/mol. The van der Waals surface area contributed by atoms with Gasteiger partial charge in [0, 0.05) is 22.4 Å². The van der Waals surface area contributed by atoms with Gasteiger partial charge in [-0.05, 0) is 34.1 Å². The standard InChI is InChI=1S/C15H9BrF2N2O2/c16-9-5-8(6-19-7-9)12(13(17)18)20-14(21)10-3-1-2-4-11(10)15(20)22/h1-7,12-13H. The molecule has 1 aliphatic rings. The second kappa shape index (κ2) is 5.57. The van der Waals surface area contributed by atoms with E-state index in [4.69, 9.17) is 0 Å². The summed E-state index contributed by atoms with van der Waals surface area (Å²) in [5.74, 6) is -1.43. The molecule has 7 heteroatoms. The zero-order valence-corrected chi connectivity index (χ0v) is 12.6. The summed E-state index contributed by atoms with van der Waals surface area (Å²) in [5, 5.41) is 0. The third-order valence-electron chi connectivity index (χ3n) is 3.41. The van der Waals surface area contributed by atoms with Crippen LogP contribution in [-0.4, -0.2) is 28.1 Å². The molecule has 0 radical (unpaired) electrons. The van der Waals surface area contributed by atoms with Gasteiger partial charge in [0.1, 0.15) is 6.04 Å². The number of benzene rings is 1. The molecular formula is C15H9BrF2N2O2. The number of nitrogens with zero attached hydrogens (tertiary/aromatic N) is 2. The van der Waals surface area contributed by atoms with Gasteiger partial charge in [-0.2, -0.15) is 0 Å². The van der Waals surface area contributed by atoms with Gasteiger partial charge in [0.25, 0.3) is 18.2 Å². The Morgan fingerprint density at radius 3 is 2.14 bits per heavy atom. The molecule has 2 aromatic rings. The normalized spacial score (nSPS) is 15.4. The molecule has 0 bridgehead atoms. The average molecular weight is 367 g/mol. The predicted molar refractivity (Wildman–Crippen MR) is 77.6 cm³/mol. The molecule has 4 nitrogen and oxygen atoms in total. The van der Waals surface area contributed by atoms with E-state index in [0.717, 1.165) is 0 Å². The van der Waals surface area contributed by atoms with Gasteiger partial charge < -0.3 is 0 Å². The van der Waals surface area contributed by atoms with Crippen LogP contribution in [0.15, 0.2) is 47.2 Å². The number of carbonyl (C=O) groups is 2. The number of alkyl halides is 2. The van der Waals surface area contributed by atoms with Crippen molar-refractivity contribution in [1.29, 1.82) is 0 Å². The van der Waals surface area contributed by atoms with Gasteiger partial charge in [-0.25, -0.2) is 8.78 Å². The van der Waals surface area contributed by atoms with E-state index < -0.39 is 24.3 Å². The second-order valence-corrected chi connectivity index (χ2v) is 5.66. The van der Waals surface area contributed by atoms with Crippen molar-refractivity contribution in [3.63, 3.8) is 0 Å². The van der Waals surface area contributed by atoms with Crippen molar-refractivity contribution in [2.75, 3.05) is 0 Å². The van der Waals surface area contributed by atoms with Crippen molar-refractivity contribution in [1.82, 2.24) is 9.88 Å². The first-order valence-corrected chi connectivity index (χ1v) is 7.15. The Kier molecular flexibility index (Phi) is 3.74. The molecule has 0 spiro atoms. The number of aromatic nitrogens is 1. The number of hydrogen-bond acceptors (Lipinski definition) is 3. The number of rotatable bonds is 3. The van der Waals surface area contributed by atoms with Gasteiger partial charge in [-0.1, -0.05) is 12.1 Å². The topological polar surface area (TPSA) is 50.3 Å². The summed E-state index contributed by atoms with van der Waals surface area (Å²) in [6.07, 6.45) is -0.252. The minimum Gasteiger partial charge on any atom is -0.269 e. The van der Waals surface area contributed by atoms with Gasteiger partial charge in [0.05, 0.1) is 11.1 Å². The van der Waals surface area contributed by atoms with Crippen molar-refractivity contribution in [3.8, 4) is 0 Å². The zero-order chi connectivity index (χ0) is 15.9. The fourth-order valence-corrected chi connectivity index (χ4v) is 2.84. The first-order chi connectivity index (χ1) is 10.5. The molecule has 0 saturated heterocycles. The Morgan fingerprint density at radius 2 is 1.64 bits per heavy atom. The number of amides is 2. The van der Waals surface area contributed by atoms with Crippen molar-refractivity contribution in [3.05, 3.63) is 63.9 Å². The lowest BCUT2D eigenvalue weighted by molar-refractivity contribution is 0.0221. The van der Waals surface area contributed by atoms with Crippen LogP contribution in [0.3, 0.4) is 0 Å². The van der Waals surface area contributed by atoms with Crippen molar-refractivity contribution in [2.45, 2.75) is 12.5 Å². The largest absolute Gasteiger partial charge is 0.269 e. The lowest BCUT2D eigenvalue weighted by atomic mass is 10.1. The first kappa shape index (κ1) is 14.8. The quantitative estimate of drug-likeness (QED) is 0.781. The Bertz CT molecular complexity index is 732. The van der Waals surface area contributed by atoms with Gasteiger partial charge in [0.2, 0.25) is 0 Å². The van der Waals surface area contributed by atoms with E-state index in [9.17, 15) is 18.4 Å². The fourth-order valence-electron chi connectivity index (χ4n) is 2.46. The minimum atomic E-state index is -2.92. The number of pyridine rings is 1. The van der Waals surface area contributed by atoms with Gasteiger partial charge in [-0.15, -0.1) is 0 Å². The average Bonchev–Trinajstić information content (AvgIpc) is 2.73. The third kappa shape index (κ3) is 2.31. The minimum absolute atomic E-state index is 0.0962. The molecule has 22 heavy (non-hydrogen) atoms. The van der Waals surface area contributed by atoms with Crippen LogP contribution in [0.25, 0.3) is 0 Å². The summed E-state index contributed by atoms with van der Waals surface area (Å²) in [5.41, 5.74) is 0.376. The molecule has 3 rings (SSSR count). The van der Waals surface area contributed by atoms with Crippen LogP contribution in [0.4, 0.5) is 8.78 Å². The van der Waals surface area contributed by atoms with E-state index in [1.165, 1.54) is 30.6 Å². The molecule has 1 atom stereocenters. The van der Waals surface area contributed by atoms with Gasteiger partial charge in [-0.3, -0.25) is 19.5 Å². The number of fused-ring (bicyclic) bond motifs is 1. The molecule has 0 saturated carbocycles. The summed E-state index contributed by atoms with van der Waals surface area (Å²) in [4.78, 5) is 29.1. The summed E-state index contributed by atoms with van der Waals surface area (Å²) < 4.78 is 27.6. The van der Waals surface area contributed by atoms with E-state index in [2.05, 4.69) is 20.9 Å². The lowest BCUT2D eigenvalue weighted by Gasteiger charge is -2.25. The summed E-state index contributed by atoms with van der Waals surface area (Å²) in [6.45, 7) is 0. The van der Waals surface area contributed by atoms with Crippen LogP contribution < -0.4 is 0 Å². The van der Waals surface area contributed by atoms with Gasteiger partial charge >= 0.3 is 0 Å². The van der Waals surface area contributed by atoms with Crippen LogP contribution in [0, 0.1) is 0 Å². The van der Waals surface area contributed by atoms with Crippen LogP contribution in [-0.2, 0) is 0 Å². The second-order valence-electron chi connectivity index (χ2n) is 4.74.